The van der Waals surface area contributed by atoms with Crippen molar-refractivity contribution in [3.63, 3.8) is 0 Å². The van der Waals surface area contributed by atoms with Crippen molar-refractivity contribution < 1.29 is 4.79 Å². The molecule has 4 nitrogen and oxygen atoms in total. The molecule has 3 heterocycles. The van der Waals surface area contributed by atoms with Crippen LogP contribution in [0.25, 0.3) is 0 Å². The van der Waals surface area contributed by atoms with Crippen molar-refractivity contribution in [3.05, 3.63) is 30.1 Å². The molecule has 0 aromatic carbocycles. The Morgan fingerprint density at radius 3 is 3.05 bits per heavy atom. The average Bonchev–Trinajstić information content (AvgIpc) is 2.97. The molecule has 3 unspecified atom stereocenters. The lowest BCUT2D eigenvalue weighted by Gasteiger charge is -2.34. The fourth-order valence-electron chi connectivity index (χ4n) is 3.51. The highest BCUT2D eigenvalue weighted by Crippen LogP contribution is 2.33. The minimum atomic E-state index is 0.000946. The maximum atomic E-state index is 12.8. The Morgan fingerprint density at radius 2 is 2.30 bits per heavy atom. The first-order valence-electron chi connectivity index (χ1n) is 7.71. The van der Waals surface area contributed by atoms with E-state index >= 15 is 0 Å². The van der Waals surface area contributed by atoms with Crippen LogP contribution >= 0.6 is 0 Å². The van der Waals surface area contributed by atoms with Gasteiger partial charge in [0.1, 0.15) is 0 Å². The number of likely N-dealkylation sites (tertiary alicyclic amines) is 1. The summed E-state index contributed by atoms with van der Waals surface area (Å²) in [7, 11) is 0. The molecule has 0 aliphatic carbocycles. The van der Waals surface area contributed by atoms with Crippen LogP contribution in [0.2, 0.25) is 0 Å². The fourth-order valence-corrected chi connectivity index (χ4v) is 3.51. The molecule has 108 valence electrons. The van der Waals surface area contributed by atoms with E-state index < -0.39 is 0 Å². The maximum absolute atomic E-state index is 12.8. The summed E-state index contributed by atoms with van der Waals surface area (Å²) in [6, 6.07) is 4.26. The number of rotatable bonds is 2. The summed E-state index contributed by atoms with van der Waals surface area (Å²) in [4.78, 5) is 19.1. The lowest BCUT2D eigenvalue weighted by atomic mass is 9.91. The van der Waals surface area contributed by atoms with E-state index in [1.54, 1.807) is 6.20 Å². The van der Waals surface area contributed by atoms with Crippen LogP contribution in [-0.2, 0) is 4.79 Å². The molecule has 4 heteroatoms. The Kier molecular flexibility index (Phi) is 4.01. The van der Waals surface area contributed by atoms with Crippen LogP contribution in [-0.4, -0.2) is 34.9 Å². The molecule has 0 saturated carbocycles. The SMILES string of the molecule is CC1CCCNC1C(=O)N1CCCC1c1cccnc1. The number of hydrogen-bond acceptors (Lipinski definition) is 3. The molecule has 2 fully saturated rings. The summed E-state index contributed by atoms with van der Waals surface area (Å²) in [5, 5.41) is 3.41. The molecular weight excluding hydrogens is 250 g/mol. The number of pyridine rings is 1. The standard InChI is InChI=1S/C16H23N3O/c1-12-5-2-9-18-15(12)16(20)19-10-4-7-14(19)13-6-3-8-17-11-13/h3,6,8,11-12,14-15,18H,2,4-5,7,9-10H2,1H3. The number of amides is 1. The highest BCUT2D eigenvalue weighted by molar-refractivity contribution is 5.83. The largest absolute Gasteiger partial charge is 0.334 e. The lowest BCUT2D eigenvalue weighted by Crippen LogP contribution is -2.52. The molecule has 2 aliphatic rings. The van der Waals surface area contributed by atoms with Gasteiger partial charge < -0.3 is 10.2 Å². The molecule has 2 aliphatic heterocycles. The second kappa shape index (κ2) is 5.92. The topological polar surface area (TPSA) is 45.2 Å². The highest BCUT2D eigenvalue weighted by Gasteiger charge is 2.36. The first-order chi connectivity index (χ1) is 9.77. The normalized spacial score (nSPS) is 30.4. The van der Waals surface area contributed by atoms with E-state index in [1.807, 2.05) is 12.3 Å². The molecule has 1 aromatic heterocycles. The fraction of sp³-hybridized carbons (Fsp3) is 0.625. The third-order valence-electron chi connectivity index (χ3n) is 4.64. The number of carbonyl (C=O) groups is 1. The van der Waals surface area contributed by atoms with Crippen molar-refractivity contribution in [1.82, 2.24) is 15.2 Å². The van der Waals surface area contributed by atoms with E-state index in [9.17, 15) is 4.79 Å². The van der Waals surface area contributed by atoms with Gasteiger partial charge in [0.2, 0.25) is 5.91 Å². The van der Waals surface area contributed by atoms with Crippen molar-refractivity contribution in [2.45, 2.75) is 44.7 Å². The smallest absolute Gasteiger partial charge is 0.240 e. The van der Waals surface area contributed by atoms with Gasteiger partial charge in [-0.1, -0.05) is 13.0 Å². The Labute approximate surface area is 120 Å². The first kappa shape index (κ1) is 13.6. The van der Waals surface area contributed by atoms with Gasteiger partial charge >= 0.3 is 0 Å². The number of nitrogens with one attached hydrogen (secondary N) is 1. The van der Waals surface area contributed by atoms with Gasteiger partial charge in [-0.05, 0) is 49.8 Å². The van der Waals surface area contributed by atoms with Gasteiger partial charge in [-0.25, -0.2) is 0 Å². The van der Waals surface area contributed by atoms with Crippen molar-refractivity contribution in [2.24, 2.45) is 5.92 Å². The van der Waals surface area contributed by atoms with Crippen LogP contribution in [0.4, 0.5) is 0 Å². The van der Waals surface area contributed by atoms with Crippen LogP contribution in [0.5, 0.6) is 0 Å². The molecular formula is C16H23N3O. The third kappa shape index (κ3) is 2.57. The monoisotopic (exact) mass is 273 g/mol. The molecule has 0 spiro atoms. The number of carbonyl (C=O) groups excluding carboxylic acids is 1. The molecule has 0 bridgehead atoms. The second-order valence-corrected chi connectivity index (χ2v) is 6.03. The summed E-state index contributed by atoms with van der Waals surface area (Å²) in [6.45, 7) is 4.03. The zero-order valence-corrected chi connectivity index (χ0v) is 12.1. The molecule has 1 aromatic rings. The zero-order valence-electron chi connectivity index (χ0n) is 12.1. The van der Waals surface area contributed by atoms with Gasteiger partial charge in [0.25, 0.3) is 0 Å². The molecule has 1 N–H and O–H groups in total. The van der Waals surface area contributed by atoms with Crippen LogP contribution < -0.4 is 5.32 Å². The van der Waals surface area contributed by atoms with Crippen molar-refractivity contribution in [2.75, 3.05) is 13.1 Å². The number of piperidine rings is 1. The van der Waals surface area contributed by atoms with E-state index in [-0.39, 0.29) is 18.0 Å². The lowest BCUT2D eigenvalue weighted by molar-refractivity contribution is -0.136. The third-order valence-corrected chi connectivity index (χ3v) is 4.64. The number of hydrogen-bond donors (Lipinski definition) is 1. The summed E-state index contributed by atoms with van der Waals surface area (Å²) in [6.07, 6.45) is 8.15. The minimum Gasteiger partial charge on any atom is -0.334 e. The molecule has 0 radical (unpaired) electrons. The van der Waals surface area contributed by atoms with Crippen molar-refractivity contribution >= 4 is 5.91 Å². The zero-order chi connectivity index (χ0) is 13.9. The van der Waals surface area contributed by atoms with Crippen molar-refractivity contribution in [3.8, 4) is 0 Å². The van der Waals surface area contributed by atoms with E-state index in [2.05, 4.69) is 28.2 Å². The van der Waals surface area contributed by atoms with Gasteiger partial charge in [-0.15, -0.1) is 0 Å². The van der Waals surface area contributed by atoms with Gasteiger partial charge in [0.05, 0.1) is 12.1 Å². The quantitative estimate of drug-likeness (QED) is 0.898. The predicted octanol–water partition coefficient (Wildman–Crippen LogP) is 2.13. The molecule has 1 amide bonds. The van der Waals surface area contributed by atoms with Crippen molar-refractivity contribution in [1.29, 1.82) is 0 Å². The van der Waals surface area contributed by atoms with Gasteiger partial charge in [-0.2, -0.15) is 0 Å². The van der Waals surface area contributed by atoms with E-state index in [0.29, 0.717) is 5.92 Å². The highest BCUT2D eigenvalue weighted by atomic mass is 16.2. The van der Waals surface area contributed by atoms with E-state index in [4.69, 9.17) is 0 Å². The second-order valence-electron chi connectivity index (χ2n) is 6.03. The van der Waals surface area contributed by atoms with Gasteiger partial charge in [-0.3, -0.25) is 9.78 Å². The van der Waals surface area contributed by atoms with Crippen LogP contribution in [0, 0.1) is 5.92 Å². The van der Waals surface area contributed by atoms with E-state index in [0.717, 1.165) is 32.4 Å². The summed E-state index contributed by atoms with van der Waals surface area (Å²) >= 11 is 0. The molecule has 2 saturated heterocycles. The Morgan fingerprint density at radius 1 is 1.40 bits per heavy atom. The Balaban J connectivity index is 1.76. The van der Waals surface area contributed by atoms with E-state index in [1.165, 1.54) is 12.0 Å². The summed E-state index contributed by atoms with van der Waals surface area (Å²) < 4.78 is 0. The van der Waals surface area contributed by atoms with Crippen LogP contribution in [0.1, 0.15) is 44.2 Å². The molecule has 3 rings (SSSR count). The van der Waals surface area contributed by atoms with Crippen LogP contribution in [0.15, 0.2) is 24.5 Å². The number of aromatic nitrogens is 1. The summed E-state index contributed by atoms with van der Waals surface area (Å²) in [5.41, 5.74) is 1.17. The van der Waals surface area contributed by atoms with Gasteiger partial charge in [0.15, 0.2) is 0 Å². The summed E-state index contributed by atoms with van der Waals surface area (Å²) in [5.74, 6) is 0.718. The Hall–Kier alpha value is -1.42. The first-order valence-corrected chi connectivity index (χ1v) is 7.71. The number of nitrogens with zero attached hydrogens (tertiary/aromatic N) is 2. The maximum Gasteiger partial charge on any atom is 0.240 e. The van der Waals surface area contributed by atoms with Crippen LogP contribution in [0.3, 0.4) is 0 Å². The Bertz CT molecular complexity index is 462. The predicted molar refractivity (Wildman–Crippen MR) is 78.1 cm³/mol. The minimum absolute atomic E-state index is 0.000946. The molecule has 20 heavy (non-hydrogen) atoms. The van der Waals surface area contributed by atoms with Gasteiger partial charge in [0, 0.05) is 18.9 Å². The average molecular weight is 273 g/mol. The molecule has 3 atom stereocenters.